The quantitative estimate of drug-likeness (QED) is 0.620. The maximum atomic E-state index is 11.9. The lowest BCUT2D eigenvalue weighted by atomic mass is 10.1. The fourth-order valence-electron chi connectivity index (χ4n) is 1.80. The van der Waals surface area contributed by atoms with Gasteiger partial charge >= 0.3 is 0 Å². The predicted molar refractivity (Wildman–Crippen MR) is 67.2 cm³/mol. The molecule has 0 saturated carbocycles. The Bertz CT molecular complexity index is 554. The summed E-state index contributed by atoms with van der Waals surface area (Å²) < 4.78 is 33.3. The number of aliphatic hydroxyl groups is 3. The van der Waals surface area contributed by atoms with Crippen LogP contribution in [0.3, 0.4) is 0 Å². The third-order valence-electron chi connectivity index (χ3n) is 3.03. The summed E-state index contributed by atoms with van der Waals surface area (Å²) in [6.45, 7) is 1.33. The van der Waals surface area contributed by atoms with Crippen LogP contribution in [-0.4, -0.2) is 54.9 Å². The molecule has 1 saturated heterocycles. The highest BCUT2D eigenvalue weighted by Gasteiger charge is 2.42. The molecule has 1 aliphatic heterocycles. The minimum absolute atomic E-state index is 0.0170. The SMILES string of the molecule is Cc1ccc(S(=O)(=O)OC[C@H]2OC(O)[C@@H](O)[C@@H]2O)cc1. The molecule has 4 atom stereocenters. The van der Waals surface area contributed by atoms with Gasteiger partial charge in [0, 0.05) is 0 Å². The van der Waals surface area contributed by atoms with Crippen LogP contribution in [0.15, 0.2) is 29.2 Å². The first-order valence-electron chi connectivity index (χ1n) is 5.97. The van der Waals surface area contributed by atoms with Gasteiger partial charge in [0.05, 0.1) is 11.5 Å². The summed E-state index contributed by atoms with van der Waals surface area (Å²) in [5, 5.41) is 28.0. The molecule has 0 amide bonds. The summed E-state index contributed by atoms with van der Waals surface area (Å²) >= 11 is 0. The number of ether oxygens (including phenoxy) is 1. The van der Waals surface area contributed by atoms with Gasteiger partial charge in [-0.1, -0.05) is 17.7 Å². The number of hydrogen-bond acceptors (Lipinski definition) is 7. The fraction of sp³-hybridized carbons (Fsp3) is 0.500. The largest absolute Gasteiger partial charge is 0.387 e. The van der Waals surface area contributed by atoms with E-state index < -0.39 is 41.3 Å². The Hall–Kier alpha value is -1.03. The van der Waals surface area contributed by atoms with Crippen molar-refractivity contribution in [3.05, 3.63) is 29.8 Å². The molecule has 1 aromatic carbocycles. The van der Waals surface area contributed by atoms with Crippen LogP contribution in [-0.2, 0) is 19.0 Å². The van der Waals surface area contributed by atoms with Gasteiger partial charge in [0.15, 0.2) is 6.29 Å². The molecular weight excluding hydrogens is 288 g/mol. The second-order valence-corrected chi connectivity index (χ2v) is 6.21. The van der Waals surface area contributed by atoms with Crippen molar-refractivity contribution in [2.75, 3.05) is 6.61 Å². The molecular formula is C12H16O7S. The van der Waals surface area contributed by atoms with Crippen LogP contribution in [0.1, 0.15) is 5.56 Å². The van der Waals surface area contributed by atoms with Gasteiger partial charge in [0.25, 0.3) is 10.1 Å². The molecule has 0 bridgehead atoms. The molecule has 0 spiro atoms. The molecule has 7 nitrogen and oxygen atoms in total. The second-order valence-electron chi connectivity index (χ2n) is 4.60. The Morgan fingerprint density at radius 2 is 1.75 bits per heavy atom. The first-order valence-corrected chi connectivity index (χ1v) is 7.38. The molecule has 8 heteroatoms. The first kappa shape index (κ1) is 15.4. The van der Waals surface area contributed by atoms with Crippen molar-refractivity contribution in [3.8, 4) is 0 Å². The van der Waals surface area contributed by atoms with Crippen LogP contribution in [0.25, 0.3) is 0 Å². The maximum Gasteiger partial charge on any atom is 0.297 e. The van der Waals surface area contributed by atoms with E-state index in [9.17, 15) is 23.7 Å². The predicted octanol–water partition coefficient (Wildman–Crippen LogP) is -0.861. The number of aryl methyl sites for hydroxylation is 1. The molecule has 1 unspecified atom stereocenters. The molecule has 0 aromatic heterocycles. The summed E-state index contributed by atoms with van der Waals surface area (Å²) in [7, 11) is -3.98. The van der Waals surface area contributed by atoms with Crippen LogP contribution in [0.4, 0.5) is 0 Å². The number of hydrogen-bond donors (Lipinski definition) is 3. The van der Waals surface area contributed by atoms with Crippen molar-refractivity contribution >= 4 is 10.1 Å². The zero-order valence-corrected chi connectivity index (χ0v) is 11.5. The Kier molecular flexibility index (Phi) is 4.43. The van der Waals surface area contributed by atoms with Crippen molar-refractivity contribution in [2.45, 2.75) is 36.4 Å². The van der Waals surface area contributed by atoms with Gasteiger partial charge in [0.1, 0.15) is 18.3 Å². The smallest absolute Gasteiger partial charge is 0.297 e. The highest BCUT2D eigenvalue weighted by atomic mass is 32.2. The molecule has 2 rings (SSSR count). The van der Waals surface area contributed by atoms with E-state index in [1.165, 1.54) is 12.1 Å². The normalized spacial score (nSPS) is 30.6. The lowest BCUT2D eigenvalue weighted by molar-refractivity contribution is -0.131. The standard InChI is InChI=1S/C12H16O7S/c1-7-2-4-8(5-3-7)20(16,17)18-6-9-10(13)11(14)12(15)19-9/h2-5,9-15H,6H2,1H3/t9-,10-,11+,12?/m1/s1. The average Bonchev–Trinajstić information content (AvgIpc) is 2.64. The van der Waals surface area contributed by atoms with Crippen molar-refractivity contribution < 1.29 is 32.7 Å². The molecule has 1 aliphatic rings. The summed E-state index contributed by atoms with van der Waals surface area (Å²) in [6, 6.07) is 6.07. The molecule has 1 heterocycles. The first-order chi connectivity index (χ1) is 9.31. The lowest BCUT2D eigenvalue weighted by Gasteiger charge is -2.14. The second kappa shape index (κ2) is 5.76. The van der Waals surface area contributed by atoms with E-state index in [1.54, 1.807) is 12.1 Å². The average molecular weight is 304 g/mol. The molecule has 0 aliphatic carbocycles. The van der Waals surface area contributed by atoms with Crippen LogP contribution in [0, 0.1) is 6.92 Å². The molecule has 0 radical (unpaired) electrons. The van der Waals surface area contributed by atoms with E-state index >= 15 is 0 Å². The van der Waals surface area contributed by atoms with E-state index in [0.29, 0.717) is 0 Å². The van der Waals surface area contributed by atoms with Gasteiger partial charge in [-0.3, -0.25) is 4.18 Å². The van der Waals surface area contributed by atoms with Gasteiger partial charge in [-0.25, -0.2) is 0 Å². The van der Waals surface area contributed by atoms with E-state index in [2.05, 4.69) is 0 Å². The lowest BCUT2D eigenvalue weighted by Crippen LogP contribution is -2.34. The fourth-order valence-corrected chi connectivity index (χ4v) is 2.71. The maximum absolute atomic E-state index is 11.9. The third-order valence-corrected chi connectivity index (χ3v) is 4.33. The number of rotatable bonds is 4. The van der Waals surface area contributed by atoms with Crippen LogP contribution in [0.2, 0.25) is 0 Å². The minimum atomic E-state index is -3.98. The van der Waals surface area contributed by atoms with Crippen molar-refractivity contribution in [1.29, 1.82) is 0 Å². The van der Waals surface area contributed by atoms with Crippen LogP contribution in [0.5, 0.6) is 0 Å². The molecule has 3 N–H and O–H groups in total. The minimum Gasteiger partial charge on any atom is -0.387 e. The third kappa shape index (κ3) is 3.17. The molecule has 1 aromatic rings. The van der Waals surface area contributed by atoms with Gasteiger partial charge in [-0.15, -0.1) is 0 Å². The molecule has 1 fully saturated rings. The summed E-state index contributed by atoms with van der Waals surface area (Å²) in [5.41, 5.74) is 0.907. The van der Waals surface area contributed by atoms with E-state index in [0.717, 1.165) is 5.56 Å². The topological polar surface area (TPSA) is 113 Å². The van der Waals surface area contributed by atoms with E-state index in [1.807, 2.05) is 6.92 Å². The Morgan fingerprint density at radius 3 is 2.25 bits per heavy atom. The van der Waals surface area contributed by atoms with Gasteiger partial charge in [-0.05, 0) is 19.1 Å². The van der Waals surface area contributed by atoms with Crippen molar-refractivity contribution in [1.82, 2.24) is 0 Å². The summed E-state index contributed by atoms with van der Waals surface area (Å²) in [5.74, 6) is 0. The van der Waals surface area contributed by atoms with Crippen LogP contribution < -0.4 is 0 Å². The van der Waals surface area contributed by atoms with E-state index in [4.69, 9.17) is 8.92 Å². The highest BCUT2D eigenvalue weighted by molar-refractivity contribution is 7.86. The molecule has 20 heavy (non-hydrogen) atoms. The Labute approximate surface area is 116 Å². The zero-order chi connectivity index (χ0) is 14.9. The van der Waals surface area contributed by atoms with Crippen molar-refractivity contribution in [2.24, 2.45) is 0 Å². The van der Waals surface area contributed by atoms with Crippen LogP contribution >= 0.6 is 0 Å². The summed E-state index contributed by atoms with van der Waals surface area (Å²) in [6.07, 6.45) is -5.55. The monoisotopic (exact) mass is 304 g/mol. The Balaban J connectivity index is 2.01. The Morgan fingerprint density at radius 1 is 1.15 bits per heavy atom. The molecule has 112 valence electrons. The van der Waals surface area contributed by atoms with E-state index in [-0.39, 0.29) is 4.90 Å². The van der Waals surface area contributed by atoms with Gasteiger partial charge < -0.3 is 20.1 Å². The number of aliphatic hydroxyl groups excluding tert-OH is 3. The summed E-state index contributed by atoms with van der Waals surface area (Å²) in [4.78, 5) is -0.0170. The van der Waals surface area contributed by atoms with Gasteiger partial charge in [-0.2, -0.15) is 8.42 Å². The zero-order valence-electron chi connectivity index (χ0n) is 10.7. The van der Waals surface area contributed by atoms with Crippen molar-refractivity contribution in [3.63, 3.8) is 0 Å². The highest BCUT2D eigenvalue weighted by Crippen LogP contribution is 2.21. The number of benzene rings is 1. The van der Waals surface area contributed by atoms with Gasteiger partial charge in [0.2, 0.25) is 0 Å².